The molecule has 1 nitrogen and oxygen atoms in total. The Balaban J connectivity index is 2.95. The molecule has 0 spiro atoms. The van der Waals surface area contributed by atoms with E-state index in [2.05, 4.69) is 66.0 Å². The van der Waals surface area contributed by atoms with Crippen molar-refractivity contribution in [1.82, 2.24) is 5.32 Å². The molecule has 0 saturated carbocycles. The van der Waals surface area contributed by atoms with Gasteiger partial charge in [-0.2, -0.15) is 0 Å². The summed E-state index contributed by atoms with van der Waals surface area (Å²) in [5.41, 5.74) is 6.09. The molecular weight excluding hydrogens is 218 g/mol. The lowest BCUT2D eigenvalue weighted by atomic mass is 9.85. The van der Waals surface area contributed by atoms with Gasteiger partial charge in [-0.3, -0.25) is 0 Å². The summed E-state index contributed by atoms with van der Waals surface area (Å²) >= 11 is 0. The predicted molar refractivity (Wildman–Crippen MR) is 81.1 cm³/mol. The van der Waals surface area contributed by atoms with E-state index in [1.807, 2.05) is 0 Å². The molecule has 0 fully saturated rings. The summed E-state index contributed by atoms with van der Waals surface area (Å²) in [5.74, 6) is 0. The maximum atomic E-state index is 3.49. The summed E-state index contributed by atoms with van der Waals surface area (Å²) in [4.78, 5) is 0. The van der Waals surface area contributed by atoms with Gasteiger partial charge in [0.2, 0.25) is 0 Å². The Labute approximate surface area is 113 Å². The summed E-state index contributed by atoms with van der Waals surface area (Å²) in [6.45, 7) is 13.6. The Morgan fingerprint density at radius 2 is 1.56 bits per heavy atom. The lowest BCUT2D eigenvalue weighted by molar-refractivity contribution is 0.337. The molecular formula is C17H29N. The summed E-state index contributed by atoms with van der Waals surface area (Å²) in [6.07, 6.45) is 2.44. The Hall–Kier alpha value is -0.820. The van der Waals surface area contributed by atoms with Gasteiger partial charge in [0.25, 0.3) is 0 Å². The van der Waals surface area contributed by atoms with Gasteiger partial charge in [0, 0.05) is 6.04 Å². The third-order valence-corrected chi connectivity index (χ3v) is 3.62. The predicted octanol–water partition coefficient (Wildman–Crippen LogP) is 4.70. The first-order chi connectivity index (χ1) is 8.24. The third-order valence-electron chi connectivity index (χ3n) is 3.62. The Bertz CT molecular complexity index is 376. The summed E-state index contributed by atoms with van der Waals surface area (Å²) in [6, 6.07) is 5.07. The highest BCUT2D eigenvalue weighted by Gasteiger charge is 2.18. The molecule has 1 aromatic rings. The SMILES string of the molecule is CNC(CCC(C)(C)C)c1c(C)cc(C)cc1C. The normalized spacial score (nSPS) is 13.7. The minimum Gasteiger partial charge on any atom is -0.313 e. The summed E-state index contributed by atoms with van der Waals surface area (Å²) < 4.78 is 0. The van der Waals surface area contributed by atoms with Crippen LogP contribution in [0.1, 0.15) is 61.9 Å². The minimum absolute atomic E-state index is 0.404. The second-order valence-corrected chi connectivity index (χ2v) is 6.75. The molecule has 1 heteroatoms. The van der Waals surface area contributed by atoms with E-state index in [-0.39, 0.29) is 0 Å². The van der Waals surface area contributed by atoms with E-state index in [1.54, 1.807) is 0 Å². The van der Waals surface area contributed by atoms with Gasteiger partial charge in [0.15, 0.2) is 0 Å². The van der Waals surface area contributed by atoms with E-state index < -0.39 is 0 Å². The number of aryl methyl sites for hydroxylation is 3. The first-order valence-electron chi connectivity index (χ1n) is 6.99. The van der Waals surface area contributed by atoms with Crippen molar-refractivity contribution in [2.24, 2.45) is 5.41 Å². The molecule has 0 amide bonds. The maximum Gasteiger partial charge on any atom is 0.0322 e. The van der Waals surface area contributed by atoms with Gasteiger partial charge < -0.3 is 5.32 Å². The molecule has 1 rings (SSSR count). The average Bonchev–Trinajstić information content (AvgIpc) is 2.20. The molecule has 1 aromatic carbocycles. The molecule has 0 aromatic heterocycles. The zero-order valence-electron chi connectivity index (χ0n) is 13.1. The van der Waals surface area contributed by atoms with Crippen LogP contribution in [-0.4, -0.2) is 7.05 Å². The number of rotatable bonds is 4. The molecule has 0 radical (unpaired) electrons. The smallest absolute Gasteiger partial charge is 0.0322 e. The van der Waals surface area contributed by atoms with Crippen molar-refractivity contribution in [3.05, 3.63) is 34.4 Å². The fourth-order valence-corrected chi connectivity index (χ4v) is 2.75. The molecule has 0 bridgehead atoms. The second-order valence-electron chi connectivity index (χ2n) is 6.75. The molecule has 1 unspecified atom stereocenters. The molecule has 0 aliphatic rings. The van der Waals surface area contributed by atoms with Crippen LogP contribution in [0.25, 0.3) is 0 Å². The Morgan fingerprint density at radius 3 is 1.94 bits per heavy atom. The van der Waals surface area contributed by atoms with Crippen LogP contribution in [0.2, 0.25) is 0 Å². The molecule has 18 heavy (non-hydrogen) atoms. The van der Waals surface area contributed by atoms with Crippen molar-refractivity contribution in [3.8, 4) is 0 Å². The van der Waals surface area contributed by atoms with Crippen LogP contribution in [0, 0.1) is 26.2 Å². The van der Waals surface area contributed by atoms with Crippen LogP contribution in [0.4, 0.5) is 0 Å². The molecule has 0 heterocycles. The molecule has 0 saturated heterocycles. The van der Waals surface area contributed by atoms with Crippen LogP contribution >= 0.6 is 0 Å². The van der Waals surface area contributed by atoms with E-state index in [0.29, 0.717) is 11.5 Å². The van der Waals surface area contributed by atoms with Crippen molar-refractivity contribution in [2.45, 2.75) is 60.4 Å². The zero-order valence-corrected chi connectivity index (χ0v) is 13.1. The number of benzene rings is 1. The molecule has 1 atom stereocenters. The maximum absolute atomic E-state index is 3.49. The number of nitrogens with one attached hydrogen (secondary N) is 1. The van der Waals surface area contributed by atoms with Gasteiger partial charge in [-0.15, -0.1) is 0 Å². The minimum atomic E-state index is 0.404. The highest BCUT2D eigenvalue weighted by atomic mass is 14.9. The number of hydrogen-bond donors (Lipinski definition) is 1. The highest BCUT2D eigenvalue weighted by Crippen LogP contribution is 2.30. The fourth-order valence-electron chi connectivity index (χ4n) is 2.75. The average molecular weight is 247 g/mol. The van der Waals surface area contributed by atoms with Gasteiger partial charge in [-0.25, -0.2) is 0 Å². The van der Waals surface area contributed by atoms with Gasteiger partial charge in [-0.1, -0.05) is 38.5 Å². The standard InChI is InChI=1S/C17H29N/c1-12-10-13(2)16(14(3)11-12)15(18-7)8-9-17(4,5)6/h10-11,15,18H,8-9H2,1-7H3. The molecule has 0 aliphatic heterocycles. The van der Waals surface area contributed by atoms with Crippen molar-refractivity contribution in [2.75, 3.05) is 7.05 Å². The van der Waals surface area contributed by atoms with Crippen LogP contribution in [0.15, 0.2) is 12.1 Å². The first-order valence-corrected chi connectivity index (χ1v) is 6.99. The first kappa shape index (κ1) is 15.2. The molecule has 1 N–H and O–H groups in total. The largest absolute Gasteiger partial charge is 0.313 e. The van der Waals surface area contributed by atoms with Crippen LogP contribution in [0.5, 0.6) is 0 Å². The van der Waals surface area contributed by atoms with Gasteiger partial charge in [-0.05, 0) is 62.8 Å². The Kier molecular flexibility index (Phi) is 4.98. The highest BCUT2D eigenvalue weighted by molar-refractivity contribution is 5.39. The lowest BCUT2D eigenvalue weighted by Crippen LogP contribution is -2.21. The quantitative estimate of drug-likeness (QED) is 0.813. The van der Waals surface area contributed by atoms with Crippen molar-refractivity contribution >= 4 is 0 Å². The van der Waals surface area contributed by atoms with E-state index in [0.717, 1.165) is 0 Å². The van der Waals surface area contributed by atoms with Crippen LogP contribution < -0.4 is 5.32 Å². The topological polar surface area (TPSA) is 12.0 Å². The third kappa shape index (κ3) is 4.13. The van der Waals surface area contributed by atoms with E-state index in [4.69, 9.17) is 0 Å². The van der Waals surface area contributed by atoms with Gasteiger partial charge in [0.1, 0.15) is 0 Å². The second kappa shape index (κ2) is 5.88. The fraction of sp³-hybridized carbons (Fsp3) is 0.647. The van der Waals surface area contributed by atoms with Crippen molar-refractivity contribution < 1.29 is 0 Å². The van der Waals surface area contributed by atoms with Crippen LogP contribution in [-0.2, 0) is 0 Å². The monoisotopic (exact) mass is 247 g/mol. The van der Waals surface area contributed by atoms with E-state index in [9.17, 15) is 0 Å². The van der Waals surface area contributed by atoms with Crippen molar-refractivity contribution in [1.29, 1.82) is 0 Å². The summed E-state index contributed by atoms with van der Waals surface area (Å²) in [5, 5.41) is 3.49. The van der Waals surface area contributed by atoms with E-state index in [1.165, 1.54) is 35.1 Å². The molecule has 102 valence electrons. The van der Waals surface area contributed by atoms with Crippen molar-refractivity contribution in [3.63, 3.8) is 0 Å². The van der Waals surface area contributed by atoms with Gasteiger partial charge in [0.05, 0.1) is 0 Å². The van der Waals surface area contributed by atoms with Crippen LogP contribution in [0.3, 0.4) is 0 Å². The molecule has 0 aliphatic carbocycles. The lowest BCUT2D eigenvalue weighted by Gasteiger charge is -2.26. The van der Waals surface area contributed by atoms with Gasteiger partial charge >= 0.3 is 0 Å². The Morgan fingerprint density at radius 1 is 1.06 bits per heavy atom. The summed E-state index contributed by atoms with van der Waals surface area (Å²) in [7, 11) is 2.08. The van der Waals surface area contributed by atoms with E-state index >= 15 is 0 Å². The number of hydrogen-bond acceptors (Lipinski definition) is 1. The zero-order chi connectivity index (χ0) is 13.9.